The number of halogens is 1. The number of amides is 1. The van der Waals surface area contributed by atoms with Crippen LogP contribution in [0, 0.1) is 5.92 Å². The van der Waals surface area contributed by atoms with Crippen molar-refractivity contribution in [3.05, 3.63) is 0 Å². The molecule has 1 rings (SSSR count). The van der Waals surface area contributed by atoms with E-state index in [0.717, 1.165) is 38.9 Å². The van der Waals surface area contributed by atoms with Gasteiger partial charge in [0.15, 0.2) is 0 Å². The summed E-state index contributed by atoms with van der Waals surface area (Å²) in [6, 6.07) is 0.351. The van der Waals surface area contributed by atoms with Crippen LogP contribution in [0.5, 0.6) is 0 Å². The average molecular weight is 307 g/mol. The van der Waals surface area contributed by atoms with Crippen molar-refractivity contribution in [3.8, 4) is 0 Å². The van der Waals surface area contributed by atoms with Gasteiger partial charge in [-0.05, 0) is 38.6 Å². The number of hydrogen-bond donors (Lipinski definition) is 1. The van der Waals surface area contributed by atoms with Crippen LogP contribution in [0.15, 0.2) is 0 Å². The van der Waals surface area contributed by atoms with Crippen LogP contribution in [0.1, 0.15) is 47.0 Å². The summed E-state index contributed by atoms with van der Waals surface area (Å²) >= 11 is 0. The first-order valence-corrected chi connectivity index (χ1v) is 7.69. The molecule has 1 fully saturated rings. The Bertz CT molecular complexity index is 269. The molecule has 1 amide bonds. The van der Waals surface area contributed by atoms with Crippen LogP contribution in [0.25, 0.3) is 0 Å². The zero-order chi connectivity index (χ0) is 14.3. The molecule has 1 aliphatic rings. The number of carbonyl (C=O) groups is 1. The van der Waals surface area contributed by atoms with E-state index in [4.69, 9.17) is 4.74 Å². The molecule has 2 atom stereocenters. The molecule has 0 aromatic heterocycles. The van der Waals surface area contributed by atoms with Gasteiger partial charge in [0.05, 0.1) is 0 Å². The summed E-state index contributed by atoms with van der Waals surface area (Å²) in [6.07, 6.45) is 2.76. The fourth-order valence-corrected chi connectivity index (χ4v) is 2.40. The van der Waals surface area contributed by atoms with Crippen molar-refractivity contribution < 1.29 is 9.53 Å². The molecular formula is C15H31ClN2O2. The zero-order valence-electron chi connectivity index (χ0n) is 13.4. The third kappa shape index (κ3) is 6.42. The molecule has 0 radical (unpaired) electrons. The lowest BCUT2D eigenvalue weighted by atomic mass is 10.1. The van der Waals surface area contributed by atoms with Crippen molar-refractivity contribution in [2.45, 2.75) is 59.1 Å². The second kappa shape index (κ2) is 10.4. The predicted molar refractivity (Wildman–Crippen MR) is 85.4 cm³/mol. The van der Waals surface area contributed by atoms with Gasteiger partial charge >= 0.3 is 0 Å². The van der Waals surface area contributed by atoms with Crippen molar-refractivity contribution in [1.82, 2.24) is 10.2 Å². The van der Waals surface area contributed by atoms with E-state index in [1.54, 1.807) is 0 Å². The van der Waals surface area contributed by atoms with E-state index in [1.165, 1.54) is 0 Å². The molecule has 1 aliphatic heterocycles. The molecule has 0 bridgehead atoms. The summed E-state index contributed by atoms with van der Waals surface area (Å²) in [4.78, 5) is 14.5. The van der Waals surface area contributed by atoms with Crippen LogP contribution in [0.4, 0.5) is 0 Å². The molecule has 1 saturated heterocycles. The number of ether oxygens (including phenoxy) is 1. The van der Waals surface area contributed by atoms with Gasteiger partial charge in [-0.3, -0.25) is 4.79 Å². The molecule has 0 aromatic rings. The van der Waals surface area contributed by atoms with Crippen LogP contribution in [-0.4, -0.2) is 49.2 Å². The standard InChI is InChI=1S/C15H30N2O2.ClH/c1-5-9-17(14-6-8-16-11-14)15(18)13(4)19-10-7-12(2)3;/h12-14,16H,5-11H2,1-4H3;1H. The Morgan fingerprint density at radius 3 is 2.60 bits per heavy atom. The van der Waals surface area contributed by atoms with Gasteiger partial charge in [-0.15, -0.1) is 12.4 Å². The van der Waals surface area contributed by atoms with Gasteiger partial charge in [0, 0.05) is 25.7 Å². The van der Waals surface area contributed by atoms with Gasteiger partial charge < -0.3 is 15.0 Å². The van der Waals surface area contributed by atoms with Crippen LogP contribution in [-0.2, 0) is 9.53 Å². The molecule has 5 heteroatoms. The number of nitrogens with zero attached hydrogens (tertiary/aromatic N) is 1. The summed E-state index contributed by atoms with van der Waals surface area (Å²) in [7, 11) is 0. The summed E-state index contributed by atoms with van der Waals surface area (Å²) in [5.41, 5.74) is 0. The molecule has 1 N–H and O–H groups in total. The Morgan fingerprint density at radius 2 is 2.10 bits per heavy atom. The molecule has 0 saturated carbocycles. The highest BCUT2D eigenvalue weighted by Crippen LogP contribution is 2.13. The monoisotopic (exact) mass is 306 g/mol. The van der Waals surface area contributed by atoms with Crippen molar-refractivity contribution in [2.75, 3.05) is 26.2 Å². The smallest absolute Gasteiger partial charge is 0.251 e. The Balaban J connectivity index is 0.00000361. The van der Waals surface area contributed by atoms with Gasteiger partial charge in [-0.25, -0.2) is 0 Å². The third-order valence-corrected chi connectivity index (χ3v) is 3.63. The van der Waals surface area contributed by atoms with E-state index in [-0.39, 0.29) is 24.4 Å². The van der Waals surface area contributed by atoms with E-state index in [1.807, 2.05) is 11.8 Å². The molecule has 0 aliphatic carbocycles. The average Bonchev–Trinajstić information content (AvgIpc) is 2.88. The van der Waals surface area contributed by atoms with Crippen molar-refractivity contribution in [1.29, 1.82) is 0 Å². The van der Waals surface area contributed by atoms with Gasteiger partial charge in [-0.2, -0.15) is 0 Å². The molecule has 0 spiro atoms. The Kier molecular flexibility index (Phi) is 10.2. The van der Waals surface area contributed by atoms with E-state index >= 15 is 0 Å². The lowest BCUT2D eigenvalue weighted by molar-refractivity contribution is -0.145. The molecule has 20 heavy (non-hydrogen) atoms. The molecule has 0 aromatic carbocycles. The first-order valence-electron chi connectivity index (χ1n) is 7.69. The molecular weight excluding hydrogens is 276 g/mol. The SMILES string of the molecule is CCCN(C(=O)C(C)OCCC(C)C)C1CCNC1.Cl. The normalized spacial score (nSPS) is 19.8. The van der Waals surface area contributed by atoms with Gasteiger partial charge in [0.1, 0.15) is 6.10 Å². The summed E-state index contributed by atoms with van der Waals surface area (Å²) < 4.78 is 5.69. The summed E-state index contributed by atoms with van der Waals surface area (Å²) in [5.74, 6) is 0.771. The summed E-state index contributed by atoms with van der Waals surface area (Å²) in [6.45, 7) is 11.8. The number of nitrogens with one attached hydrogen (secondary N) is 1. The van der Waals surface area contributed by atoms with Crippen molar-refractivity contribution in [2.24, 2.45) is 5.92 Å². The third-order valence-electron chi connectivity index (χ3n) is 3.63. The van der Waals surface area contributed by atoms with E-state index < -0.39 is 0 Å². The first-order chi connectivity index (χ1) is 9.06. The quantitative estimate of drug-likeness (QED) is 0.749. The Labute approximate surface area is 130 Å². The molecule has 120 valence electrons. The maximum Gasteiger partial charge on any atom is 0.251 e. The second-order valence-electron chi connectivity index (χ2n) is 5.87. The highest BCUT2D eigenvalue weighted by Gasteiger charge is 2.29. The largest absolute Gasteiger partial charge is 0.369 e. The lowest BCUT2D eigenvalue weighted by Gasteiger charge is -2.30. The second-order valence-corrected chi connectivity index (χ2v) is 5.87. The fraction of sp³-hybridized carbons (Fsp3) is 0.933. The molecule has 2 unspecified atom stereocenters. The highest BCUT2D eigenvalue weighted by atomic mass is 35.5. The lowest BCUT2D eigenvalue weighted by Crippen LogP contribution is -2.47. The van der Waals surface area contributed by atoms with E-state index in [9.17, 15) is 4.79 Å². The highest BCUT2D eigenvalue weighted by molar-refractivity contribution is 5.85. The van der Waals surface area contributed by atoms with Gasteiger partial charge in [0.2, 0.25) is 0 Å². The van der Waals surface area contributed by atoms with Crippen molar-refractivity contribution in [3.63, 3.8) is 0 Å². The maximum absolute atomic E-state index is 12.5. The van der Waals surface area contributed by atoms with E-state index in [0.29, 0.717) is 18.6 Å². The zero-order valence-corrected chi connectivity index (χ0v) is 14.2. The van der Waals surface area contributed by atoms with Gasteiger partial charge in [0.25, 0.3) is 5.91 Å². The predicted octanol–water partition coefficient (Wildman–Crippen LogP) is 2.46. The summed E-state index contributed by atoms with van der Waals surface area (Å²) in [5, 5.41) is 3.33. The van der Waals surface area contributed by atoms with Crippen LogP contribution < -0.4 is 5.32 Å². The maximum atomic E-state index is 12.5. The van der Waals surface area contributed by atoms with Crippen LogP contribution >= 0.6 is 12.4 Å². The number of rotatable bonds is 8. The molecule has 4 nitrogen and oxygen atoms in total. The fourth-order valence-electron chi connectivity index (χ4n) is 2.40. The number of hydrogen-bond acceptors (Lipinski definition) is 3. The topological polar surface area (TPSA) is 41.6 Å². The van der Waals surface area contributed by atoms with Gasteiger partial charge in [-0.1, -0.05) is 20.8 Å². The first kappa shape index (κ1) is 19.7. The van der Waals surface area contributed by atoms with Crippen LogP contribution in [0.3, 0.4) is 0 Å². The minimum Gasteiger partial charge on any atom is -0.369 e. The van der Waals surface area contributed by atoms with E-state index in [2.05, 4.69) is 26.1 Å². The molecule has 1 heterocycles. The van der Waals surface area contributed by atoms with Crippen LogP contribution in [0.2, 0.25) is 0 Å². The Hall–Kier alpha value is -0.320. The van der Waals surface area contributed by atoms with Crippen molar-refractivity contribution >= 4 is 18.3 Å². The minimum atomic E-state index is -0.314. The minimum absolute atomic E-state index is 0. The number of carbonyl (C=O) groups excluding carboxylic acids is 1. The Morgan fingerprint density at radius 1 is 1.40 bits per heavy atom.